The van der Waals surface area contributed by atoms with Gasteiger partial charge in [0.15, 0.2) is 6.23 Å². The third-order valence-electron chi connectivity index (χ3n) is 2.35. The van der Waals surface area contributed by atoms with Gasteiger partial charge < -0.3 is 25.5 Å². The van der Waals surface area contributed by atoms with Crippen LogP contribution in [0.25, 0.3) is 0 Å². The summed E-state index contributed by atoms with van der Waals surface area (Å²) in [4.78, 5) is 0. The fourth-order valence-corrected chi connectivity index (χ4v) is 1.92. The maximum Gasteiger partial charge on any atom is 0.413 e. The second-order valence-corrected chi connectivity index (χ2v) is 4.50. The first-order valence-electron chi connectivity index (χ1n) is 4.47. The van der Waals surface area contributed by atoms with E-state index in [0.717, 1.165) is 0 Å². The van der Waals surface area contributed by atoms with Crippen molar-refractivity contribution in [3.05, 3.63) is 0 Å². The first-order chi connectivity index (χ1) is 7.69. The first-order valence-corrected chi connectivity index (χ1v) is 5.84. The van der Waals surface area contributed by atoms with E-state index in [1.807, 2.05) is 0 Å². The van der Waals surface area contributed by atoms with Crippen molar-refractivity contribution in [2.24, 2.45) is 0 Å². The molecular formula is C6H13NO9S. The van der Waals surface area contributed by atoms with Crippen LogP contribution in [0, 0.1) is 0 Å². The van der Waals surface area contributed by atoms with Gasteiger partial charge in [0, 0.05) is 0 Å². The van der Waals surface area contributed by atoms with Gasteiger partial charge in [-0.05, 0) is 0 Å². The minimum Gasteiger partial charge on any atom is -0.395 e. The molecule has 0 aromatic carbocycles. The first kappa shape index (κ1) is 14.7. The molecule has 0 aromatic heterocycles. The molecule has 1 fully saturated rings. The summed E-state index contributed by atoms with van der Waals surface area (Å²) in [6.07, 6.45) is -7.56. The molecule has 1 aliphatic rings. The Balaban J connectivity index is 2.98. The molecule has 0 bridgehead atoms. The van der Waals surface area contributed by atoms with Gasteiger partial charge in [-0.15, -0.1) is 5.06 Å². The molecule has 11 heteroatoms. The molecule has 1 aliphatic heterocycles. The van der Waals surface area contributed by atoms with Gasteiger partial charge in [0.25, 0.3) is 0 Å². The Kier molecular flexibility index (Phi) is 4.40. The average Bonchev–Trinajstić information content (AvgIpc) is 2.22. The number of nitrogens with zero attached hydrogens (tertiary/aromatic N) is 1. The summed E-state index contributed by atoms with van der Waals surface area (Å²) in [7, 11) is -5.01. The zero-order valence-electron chi connectivity index (χ0n) is 8.36. The Morgan fingerprint density at radius 3 is 2.00 bits per heavy atom. The maximum absolute atomic E-state index is 10.5. The largest absolute Gasteiger partial charge is 0.413 e. The molecule has 17 heavy (non-hydrogen) atoms. The van der Waals surface area contributed by atoms with Crippen molar-refractivity contribution >= 4 is 10.4 Å². The van der Waals surface area contributed by atoms with Crippen LogP contribution < -0.4 is 0 Å². The lowest BCUT2D eigenvalue weighted by molar-refractivity contribution is -0.302. The Hall–Kier alpha value is -0.370. The van der Waals surface area contributed by atoms with Crippen molar-refractivity contribution in [2.45, 2.75) is 30.6 Å². The lowest BCUT2D eigenvalue weighted by Gasteiger charge is -2.43. The molecule has 5 atom stereocenters. The zero-order valence-corrected chi connectivity index (χ0v) is 9.17. The molecule has 0 aliphatic carbocycles. The van der Waals surface area contributed by atoms with Crippen LogP contribution in [0.4, 0.5) is 0 Å². The molecule has 0 radical (unpaired) electrons. The number of aliphatic hydroxyl groups excluding tert-OH is 5. The number of hydrogen-bond donors (Lipinski definition) is 6. The van der Waals surface area contributed by atoms with E-state index >= 15 is 0 Å². The second kappa shape index (κ2) is 5.09. The molecule has 0 amide bonds. The number of hydroxylamine groups is 2. The molecule has 0 aromatic rings. The van der Waals surface area contributed by atoms with E-state index in [2.05, 4.69) is 4.28 Å². The van der Waals surface area contributed by atoms with Crippen molar-refractivity contribution in [1.82, 2.24) is 5.06 Å². The molecule has 0 spiro atoms. The third-order valence-corrected chi connectivity index (χ3v) is 2.71. The quantitative estimate of drug-likeness (QED) is 0.278. The summed E-state index contributed by atoms with van der Waals surface area (Å²) in [6.45, 7) is -0.891. The predicted octanol–water partition coefficient (Wildman–Crippen LogP) is -4.20. The minimum absolute atomic E-state index is 0.0946. The van der Waals surface area contributed by atoms with Gasteiger partial charge in [0.1, 0.15) is 18.3 Å². The Morgan fingerprint density at radius 2 is 1.59 bits per heavy atom. The molecule has 0 saturated carbocycles. The summed E-state index contributed by atoms with van der Waals surface area (Å²) in [5, 5.41) is 46.3. The van der Waals surface area contributed by atoms with E-state index in [1.165, 1.54) is 0 Å². The van der Waals surface area contributed by atoms with E-state index in [0.29, 0.717) is 0 Å². The number of rotatable bonds is 3. The van der Waals surface area contributed by atoms with E-state index in [9.17, 15) is 28.8 Å². The van der Waals surface area contributed by atoms with Crippen LogP contribution >= 0.6 is 0 Å². The van der Waals surface area contributed by atoms with Gasteiger partial charge in [-0.3, -0.25) is 4.55 Å². The highest BCUT2D eigenvalue weighted by atomic mass is 32.3. The van der Waals surface area contributed by atoms with E-state index in [4.69, 9.17) is 9.66 Å². The lowest BCUT2D eigenvalue weighted by Crippen LogP contribution is -2.67. The van der Waals surface area contributed by atoms with Crippen LogP contribution in [0.1, 0.15) is 0 Å². The number of aliphatic hydroxyl groups is 5. The topological polar surface area (TPSA) is 168 Å². The van der Waals surface area contributed by atoms with E-state index < -0.39 is 47.6 Å². The van der Waals surface area contributed by atoms with Gasteiger partial charge in [-0.1, -0.05) is 0 Å². The molecule has 1 rings (SSSR count). The van der Waals surface area contributed by atoms with Crippen molar-refractivity contribution in [2.75, 3.05) is 6.61 Å². The third kappa shape index (κ3) is 3.09. The fraction of sp³-hybridized carbons (Fsp3) is 1.00. The van der Waals surface area contributed by atoms with Crippen LogP contribution in [-0.4, -0.2) is 80.8 Å². The standard InChI is InChI=1S/C6H13NO9S/c8-1-2-3(9)4(10)5(11)6(12)7(2)16-17(13,14)15/h2-6,8-12H,1H2,(H,13,14,15)/t2-,3+,4+,5-,6?/m1/s1. The van der Waals surface area contributed by atoms with E-state index in [-0.39, 0.29) is 5.06 Å². The molecule has 10 nitrogen and oxygen atoms in total. The van der Waals surface area contributed by atoms with Gasteiger partial charge in [0.05, 0.1) is 12.6 Å². The van der Waals surface area contributed by atoms with Gasteiger partial charge in [0.2, 0.25) is 0 Å². The van der Waals surface area contributed by atoms with Gasteiger partial charge in [-0.2, -0.15) is 12.7 Å². The number of hydrogen-bond acceptors (Lipinski definition) is 9. The van der Waals surface area contributed by atoms with Crippen LogP contribution in [0.15, 0.2) is 0 Å². The van der Waals surface area contributed by atoms with Crippen LogP contribution in [0.2, 0.25) is 0 Å². The molecule has 1 saturated heterocycles. The highest BCUT2D eigenvalue weighted by Crippen LogP contribution is 2.24. The van der Waals surface area contributed by atoms with Crippen LogP contribution in [0.3, 0.4) is 0 Å². The normalized spacial score (nSPS) is 40.5. The molecule has 102 valence electrons. The average molecular weight is 275 g/mol. The Labute approximate surface area is 96.2 Å². The highest BCUT2D eigenvalue weighted by molar-refractivity contribution is 7.80. The van der Waals surface area contributed by atoms with Gasteiger partial charge in [-0.25, -0.2) is 0 Å². The molecule has 1 heterocycles. The van der Waals surface area contributed by atoms with Crippen molar-refractivity contribution in [1.29, 1.82) is 0 Å². The molecule has 6 N–H and O–H groups in total. The summed E-state index contributed by atoms with van der Waals surface area (Å²) in [5.74, 6) is 0. The Morgan fingerprint density at radius 1 is 1.06 bits per heavy atom. The minimum atomic E-state index is -5.01. The number of piperidine rings is 1. The summed E-state index contributed by atoms with van der Waals surface area (Å²) < 4.78 is 33.3. The molecule has 1 unspecified atom stereocenters. The van der Waals surface area contributed by atoms with Crippen molar-refractivity contribution in [3.8, 4) is 0 Å². The maximum atomic E-state index is 10.5. The Bertz CT molecular complexity index is 358. The monoisotopic (exact) mass is 275 g/mol. The second-order valence-electron chi connectivity index (χ2n) is 3.50. The summed E-state index contributed by atoms with van der Waals surface area (Å²) in [5.41, 5.74) is 0. The van der Waals surface area contributed by atoms with Crippen molar-refractivity contribution in [3.63, 3.8) is 0 Å². The van der Waals surface area contributed by atoms with E-state index in [1.54, 1.807) is 0 Å². The lowest BCUT2D eigenvalue weighted by atomic mass is 9.95. The smallest absolute Gasteiger partial charge is 0.395 e. The summed E-state index contributed by atoms with van der Waals surface area (Å²) >= 11 is 0. The zero-order chi connectivity index (χ0) is 13.4. The fourth-order valence-electron chi connectivity index (χ4n) is 1.50. The van der Waals surface area contributed by atoms with Crippen LogP contribution in [-0.2, 0) is 14.7 Å². The summed E-state index contributed by atoms with van der Waals surface area (Å²) in [6, 6.07) is -1.54. The highest BCUT2D eigenvalue weighted by Gasteiger charge is 2.49. The van der Waals surface area contributed by atoms with Crippen molar-refractivity contribution < 1.29 is 42.8 Å². The SMILES string of the molecule is O=S(=O)(O)ON1C(O)[C@H](O)[C@@H](O)[C@@H](O)[C@H]1CO. The molecular weight excluding hydrogens is 262 g/mol. The van der Waals surface area contributed by atoms with Gasteiger partial charge >= 0.3 is 10.4 Å². The predicted molar refractivity (Wildman–Crippen MR) is 49.4 cm³/mol. The van der Waals surface area contributed by atoms with Crippen LogP contribution in [0.5, 0.6) is 0 Å².